The first-order valence-corrected chi connectivity index (χ1v) is 10.3. The number of fused-ring (bicyclic) bond motifs is 1. The lowest BCUT2D eigenvalue weighted by Gasteiger charge is -2.10. The van der Waals surface area contributed by atoms with Gasteiger partial charge in [-0.2, -0.15) is 5.10 Å². The van der Waals surface area contributed by atoms with Gasteiger partial charge < -0.3 is 15.2 Å². The summed E-state index contributed by atoms with van der Waals surface area (Å²) in [6.07, 6.45) is 0. The molecule has 6 nitrogen and oxygen atoms in total. The molecular weight excluding hydrogens is 395 g/mol. The van der Waals surface area contributed by atoms with Crippen LogP contribution in [0.4, 0.5) is 10.2 Å². The van der Waals surface area contributed by atoms with Gasteiger partial charge in [-0.05, 0) is 43.7 Å². The topological polar surface area (TPSA) is 71.7 Å². The Morgan fingerprint density at radius 1 is 1.06 bits per heavy atom. The van der Waals surface area contributed by atoms with Gasteiger partial charge >= 0.3 is 0 Å². The lowest BCUT2D eigenvalue weighted by Crippen LogP contribution is -2.09. The third-order valence-electron chi connectivity index (χ3n) is 5.00. The van der Waals surface area contributed by atoms with Crippen molar-refractivity contribution in [2.75, 3.05) is 25.1 Å². The van der Waals surface area contributed by atoms with Crippen molar-refractivity contribution < 1.29 is 14.2 Å². The Morgan fingerprint density at radius 2 is 1.77 bits per heavy atom. The molecule has 4 aromatic rings. The van der Waals surface area contributed by atoms with Gasteiger partial charge in [0, 0.05) is 24.8 Å². The van der Waals surface area contributed by atoms with E-state index < -0.39 is 0 Å². The smallest absolute Gasteiger partial charge is 0.166 e. The van der Waals surface area contributed by atoms with Crippen molar-refractivity contribution in [1.82, 2.24) is 14.6 Å². The maximum absolute atomic E-state index is 13.5. The minimum Gasteiger partial charge on any atom is -0.395 e. The molecule has 0 unspecified atom stereocenters. The lowest BCUT2D eigenvalue weighted by molar-refractivity contribution is 0.131. The van der Waals surface area contributed by atoms with E-state index in [2.05, 4.69) is 29.6 Å². The summed E-state index contributed by atoms with van der Waals surface area (Å²) in [5, 5.41) is 17.2. The van der Waals surface area contributed by atoms with Crippen molar-refractivity contribution in [2.45, 2.75) is 20.5 Å². The second kappa shape index (κ2) is 9.24. The molecule has 0 atom stereocenters. The summed E-state index contributed by atoms with van der Waals surface area (Å²) in [6, 6.07) is 16.3. The second-order valence-electron chi connectivity index (χ2n) is 7.24. The highest BCUT2D eigenvalue weighted by Crippen LogP contribution is 2.33. The fourth-order valence-electron chi connectivity index (χ4n) is 3.48. The number of rotatable bonds is 8. The van der Waals surface area contributed by atoms with Gasteiger partial charge in [-0.1, -0.05) is 29.8 Å². The largest absolute Gasteiger partial charge is 0.395 e. The third kappa shape index (κ3) is 4.42. The van der Waals surface area contributed by atoms with E-state index >= 15 is 0 Å². The number of nitrogens with zero attached hydrogens (tertiary/aromatic N) is 3. The van der Waals surface area contributed by atoms with E-state index in [0.717, 1.165) is 33.6 Å². The zero-order chi connectivity index (χ0) is 21.8. The minimum atomic E-state index is -0.300. The monoisotopic (exact) mass is 420 g/mol. The van der Waals surface area contributed by atoms with Crippen molar-refractivity contribution in [3.63, 3.8) is 0 Å². The first-order valence-electron chi connectivity index (χ1n) is 10.3. The first-order chi connectivity index (χ1) is 15.1. The number of aliphatic hydroxyl groups is 1. The summed E-state index contributed by atoms with van der Waals surface area (Å²) in [5.74, 6) is 0.308. The van der Waals surface area contributed by atoms with Gasteiger partial charge in [-0.3, -0.25) is 0 Å². The van der Waals surface area contributed by atoms with Crippen LogP contribution in [-0.4, -0.2) is 39.5 Å². The molecule has 7 heteroatoms. The molecule has 0 aliphatic heterocycles. The standard InChI is InChI=1S/C24H25FN4O2/c1-3-31-15-20-23(18-6-4-16(2)5-7-18)24-27-22(26-12-13-30)14-21(29(24)28-20)17-8-10-19(25)11-9-17/h4-11,14,30H,3,12-13,15H2,1-2H3,(H,26,27). The molecule has 0 amide bonds. The SMILES string of the molecule is CCOCc1nn2c(-c3ccc(F)cc3)cc(NCCO)nc2c1-c1ccc(C)cc1. The minimum absolute atomic E-state index is 0.0155. The molecule has 0 bridgehead atoms. The highest BCUT2D eigenvalue weighted by molar-refractivity contribution is 5.83. The van der Waals surface area contributed by atoms with Gasteiger partial charge in [0.2, 0.25) is 0 Å². The van der Waals surface area contributed by atoms with E-state index in [4.69, 9.17) is 14.8 Å². The summed E-state index contributed by atoms with van der Waals surface area (Å²) in [6.45, 7) is 5.27. The fourth-order valence-corrected chi connectivity index (χ4v) is 3.48. The maximum atomic E-state index is 13.5. The molecule has 0 radical (unpaired) electrons. The normalized spacial score (nSPS) is 11.2. The van der Waals surface area contributed by atoms with Crippen LogP contribution in [0.15, 0.2) is 54.6 Å². The molecule has 0 saturated heterocycles. The number of nitrogens with one attached hydrogen (secondary N) is 1. The summed E-state index contributed by atoms with van der Waals surface area (Å²) in [7, 11) is 0. The average Bonchev–Trinajstić information content (AvgIpc) is 3.15. The maximum Gasteiger partial charge on any atom is 0.166 e. The molecule has 2 aromatic carbocycles. The first kappa shape index (κ1) is 21.0. The molecule has 31 heavy (non-hydrogen) atoms. The van der Waals surface area contributed by atoms with Crippen LogP contribution in [0.5, 0.6) is 0 Å². The fraction of sp³-hybridized carbons (Fsp3) is 0.250. The Kier molecular flexibility index (Phi) is 6.25. The Hall–Kier alpha value is -3.29. The van der Waals surface area contributed by atoms with Crippen molar-refractivity contribution in [3.8, 4) is 22.4 Å². The molecule has 4 rings (SSSR count). The van der Waals surface area contributed by atoms with Crippen LogP contribution in [0, 0.1) is 12.7 Å². The average molecular weight is 420 g/mol. The van der Waals surface area contributed by atoms with E-state index in [1.165, 1.54) is 12.1 Å². The second-order valence-corrected chi connectivity index (χ2v) is 7.24. The van der Waals surface area contributed by atoms with E-state index in [0.29, 0.717) is 31.2 Å². The number of aryl methyl sites for hydroxylation is 1. The van der Waals surface area contributed by atoms with Crippen molar-refractivity contribution in [3.05, 3.63) is 71.7 Å². The molecule has 0 spiro atoms. The zero-order valence-electron chi connectivity index (χ0n) is 17.6. The van der Waals surface area contributed by atoms with Gasteiger partial charge in [0.15, 0.2) is 5.65 Å². The molecular formula is C24H25FN4O2. The van der Waals surface area contributed by atoms with Gasteiger partial charge in [0.1, 0.15) is 11.6 Å². The molecule has 2 heterocycles. The molecule has 160 valence electrons. The molecule has 0 aliphatic carbocycles. The third-order valence-corrected chi connectivity index (χ3v) is 5.00. The number of aromatic nitrogens is 3. The van der Waals surface area contributed by atoms with Gasteiger partial charge in [-0.25, -0.2) is 13.9 Å². The van der Waals surface area contributed by atoms with Gasteiger partial charge in [-0.15, -0.1) is 0 Å². The number of anilines is 1. The highest BCUT2D eigenvalue weighted by Gasteiger charge is 2.20. The quantitative estimate of drug-likeness (QED) is 0.441. The summed E-state index contributed by atoms with van der Waals surface area (Å²) < 4.78 is 21.0. The van der Waals surface area contributed by atoms with Crippen LogP contribution >= 0.6 is 0 Å². The van der Waals surface area contributed by atoms with E-state index in [9.17, 15) is 9.50 Å². The van der Waals surface area contributed by atoms with Crippen LogP contribution in [0.2, 0.25) is 0 Å². The van der Waals surface area contributed by atoms with Crippen molar-refractivity contribution >= 4 is 11.5 Å². The summed E-state index contributed by atoms with van der Waals surface area (Å²) in [5.41, 5.74) is 6.07. The molecule has 0 aliphatic rings. The van der Waals surface area contributed by atoms with E-state index in [1.54, 1.807) is 16.6 Å². The summed E-state index contributed by atoms with van der Waals surface area (Å²) >= 11 is 0. The van der Waals surface area contributed by atoms with Crippen molar-refractivity contribution in [2.24, 2.45) is 0 Å². The van der Waals surface area contributed by atoms with Crippen LogP contribution < -0.4 is 5.32 Å². The number of aliphatic hydroxyl groups excluding tert-OH is 1. The Morgan fingerprint density at radius 3 is 2.45 bits per heavy atom. The predicted octanol–water partition coefficient (Wildman–Crippen LogP) is 4.45. The van der Waals surface area contributed by atoms with Crippen LogP contribution in [0.1, 0.15) is 18.2 Å². The van der Waals surface area contributed by atoms with Crippen LogP contribution in [-0.2, 0) is 11.3 Å². The lowest BCUT2D eigenvalue weighted by atomic mass is 10.0. The zero-order valence-corrected chi connectivity index (χ0v) is 17.6. The Balaban J connectivity index is 1.98. The molecule has 2 N–H and O–H groups in total. The van der Waals surface area contributed by atoms with E-state index in [1.807, 2.05) is 19.9 Å². The number of hydrogen-bond donors (Lipinski definition) is 2. The van der Waals surface area contributed by atoms with E-state index in [-0.39, 0.29) is 12.4 Å². The molecule has 0 fully saturated rings. The molecule has 2 aromatic heterocycles. The van der Waals surface area contributed by atoms with Crippen LogP contribution in [0.25, 0.3) is 28.0 Å². The summed E-state index contributed by atoms with van der Waals surface area (Å²) in [4.78, 5) is 4.79. The Bertz CT molecular complexity index is 1170. The Labute approximate surface area is 180 Å². The number of benzene rings is 2. The number of halogens is 1. The number of hydrogen-bond acceptors (Lipinski definition) is 5. The van der Waals surface area contributed by atoms with Gasteiger partial charge in [0.25, 0.3) is 0 Å². The van der Waals surface area contributed by atoms with Crippen LogP contribution in [0.3, 0.4) is 0 Å². The molecule has 0 saturated carbocycles. The highest BCUT2D eigenvalue weighted by atomic mass is 19.1. The van der Waals surface area contributed by atoms with Crippen molar-refractivity contribution in [1.29, 1.82) is 0 Å². The van der Waals surface area contributed by atoms with Gasteiger partial charge in [0.05, 0.1) is 30.2 Å². The number of ether oxygens (including phenoxy) is 1. The predicted molar refractivity (Wildman–Crippen MR) is 119 cm³/mol.